The maximum atomic E-state index is 15.4. The van der Waals surface area contributed by atoms with Crippen molar-refractivity contribution in [1.29, 1.82) is 0 Å². The van der Waals surface area contributed by atoms with Crippen LogP contribution in [-0.4, -0.2) is 141 Å². The average Bonchev–Trinajstić information content (AvgIpc) is 2.99. The van der Waals surface area contributed by atoms with Gasteiger partial charge in [-0.05, 0) is 162 Å². The zero-order chi connectivity index (χ0) is 65.1. The maximum absolute atomic E-state index is 15.4. The van der Waals surface area contributed by atoms with Crippen LogP contribution >= 0.6 is 21.6 Å². The van der Waals surface area contributed by atoms with Crippen LogP contribution in [0.1, 0.15) is 144 Å². The van der Waals surface area contributed by atoms with Gasteiger partial charge < -0.3 is 61.3 Å². The van der Waals surface area contributed by atoms with Crippen LogP contribution in [0.4, 0.5) is 9.59 Å². The topological polar surface area (TPSA) is 295 Å². The van der Waals surface area contributed by atoms with Crippen LogP contribution in [0.25, 0.3) is 5.57 Å². The number of Topliss-reactive ketones (excluding diaryl/α,β-unsaturated/α-hetero) is 1. The van der Waals surface area contributed by atoms with E-state index < -0.39 is 131 Å². The SMILES string of the molecule is C[C@@H](OC(C)(C)C)[C@@H]1NC(=O)[C@H](CCCCNC(=O)OC(C)(C)C)NC(=O)[C@@H](CC2=CCc3ccccc32)NC(=O)[C@H](Cc2ccc(OC(C)(C)C)cc2)CC(=O)[C@@H](NC(=O)[C@@H](Cc2ccccc2)NC(=O)OC(C)(C)C)CSSC[C@@H](C(=O)O)NC1=O. The number of allylic oxidation sites excluding steroid dienone is 1. The van der Waals surface area contributed by atoms with Gasteiger partial charge in [-0.1, -0.05) is 94.4 Å². The van der Waals surface area contributed by atoms with Crippen molar-refractivity contribution in [2.45, 2.75) is 206 Å². The molecule has 8 N–H and O–H groups in total. The molecule has 1 heterocycles. The van der Waals surface area contributed by atoms with Crippen molar-refractivity contribution in [2.75, 3.05) is 18.1 Å². The summed E-state index contributed by atoms with van der Waals surface area (Å²) in [4.78, 5) is 129. The molecule has 21 nitrogen and oxygen atoms in total. The van der Waals surface area contributed by atoms with Crippen molar-refractivity contribution in [3.63, 3.8) is 0 Å². The van der Waals surface area contributed by atoms with E-state index in [9.17, 15) is 33.9 Å². The number of alkyl carbamates (subject to hydrolysis) is 2. The van der Waals surface area contributed by atoms with E-state index in [2.05, 4.69) is 37.2 Å². The molecule has 88 heavy (non-hydrogen) atoms. The summed E-state index contributed by atoms with van der Waals surface area (Å²) in [7, 11) is 2.02. The molecule has 0 bridgehead atoms. The van der Waals surface area contributed by atoms with E-state index in [-0.39, 0.29) is 50.2 Å². The summed E-state index contributed by atoms with van der Waals surface area (Å²) >= 11 is 0. The van der Waals surface area contributed by atoms with Crippen molar-refractivity contribution in [3.05, 3.63) is 107 Å². The number of carbonyl (C=O) groups is 9. The second-order valence-corrected chi connectivity index (χ2v) is 28.7. The first-order valence-corrected chi connectivity index (χ1v) is 32.4. The third-order valence-electron chi connectivity index (χ3n) is 13.6. The molecule has 0 saturated carbocycles. The van der Waals surface area contributed by atoms with E-state index in [1.165, 1.54) is 0 Å². The van der Waals surface area contributed by atoms with Gasteiger partial charge in [-0.25, -0.2) is 14.4 Å². The number of unbranched alkanes of at least 4 members (excludes halogenated alkanes) is 1. The Kier molecular flexibility index (Phi) is 26.4. The number of ketones is 1. The predicted octanol–water partition coefficient (Wildman–Crippen LogP) is 7.95. The number of fused-ring (bicyclic) bond motifs is 1. The zero-order valence-electron chi connectivity index (χ0n) is 53.1. The van der Waals surface area contributed by atoms with Gasteiger partial charge in [0.2, 0.25) is 29.5 Å². The van der Waals surface area contributed by atoms with E-state index >= 15 is 14.4 Å². The van der Waals surface area contributed by atoms with Crippen LogP contribution in [0, 0.1) is 5.92 Å². The molecule has 8 atom stereocenters. The van der Waals surface area contributed by atoms with E-state index in [0.717, 1.165) is 38.3 Å². The lowest BCUT2D eigenvalue weighted by atomic mass is 9.90. The quantitative estimate of drug-likeness (QED) is 0.0443. The predicted molar refractivity (Wildman–Crippen MR) is 340 cm³/mol. The van der Waals surface area contributed by atoms with Gasteiger partial charge in [-0.3, -0.25) is 28.8 Å². The van der Waals surface area contributed by atoms with Crippen LogP contribution in [0.5, 0.6) is 5.75 Å². The molecule has 482 valence electrons. The highest BCUT2D eigenvalue weighted by atomic mass is 33.1. The molecule has 0 unspecified atom stereocenters. The van der Waals surface area contributed by atoms with Crippen LogP contribution in [-0.2, 0) is 67.0 Å². The minimum Gasteiger partial charge on any atom is -0.488 e. The highest BCUT2D eigenvalue weighted by Gasteiger charge is 2.39. The molecule has 7 amide bonds. The number of hydrogen-bond donors (Lipinski definition) is 8. The number of carbonyl (C=O) groups excluding carboxylic acids is 8. The number of nitrogens with one attached hydrogen (secondary N) is 7. The Bertz CT molecular complexity index is 2930. The number of benzene rings is 3. The molecule has 0 aromatic heterocycles. The van der Waals surface area contributed by atoms with Crippen molar-refractivity contribution < 1.29 is 67.2 Å². The molecule has 1 aliphatic heterocycles. The molecule has 23 heteroatoms. The lowest BCUT2D eigenvalue weighted by Crippen LogP contribution is -2.61. The first-order chi connectivity index (χ1) is 41.1. The number of ether oxygens (including phenoxy) is 4. The van der Waals surface area contributed by atoms with Crippen molar-refractivity contribution in [1.82, 2.24) is 37.2 Å². The first-order valence-electron chi connectivity index (χ1n) is 29.9. The van der Waals surface area contributed by atoms with Gasteiger partial charge in [0, 0.05) is 43.2 Å². The fourth-order valence-corrected chi connectivity index (χ4v) is 12.1. The van der Waals surface area contributed by atoms with Crippen LogP contribution in [0.3, 0.4) is 0 Å². The summed E-state index contributed by atoms with van der Waals surface area (Å²) in [6, 6.07) is 15.1. The van der Waals surface area contributed by atoms with Gasteiger partial charge >= 0.3 is 18.2 Å². The molecule has 3 aromatic carbocycles. The van der Waals surface area contributed by atoms with E-state index in [1.54, 1.807) is 124 Å². The summed E-state index contributed by atoms with van der Waals surface area (Å²) in [6.45, 7) is 22.8. The van der Waals surface area contributed by atoms with E-state index in [4.69, 9.17) is 18.9 Å². The number of carboxylic acid groups (broad SMARTS) is 1. The molecule has 5 rings (SSSR count). The Morgan fingerprint density at radius 2 is 1.26 bits per heavy atom. The standard InChI is InChI=1S/C65H91N7O14S2/c1-39(83-62(2,3)4)53-58(78)70-51(59(79)80)38-88-87-37-50(69-56(76)48(34-40-21-15-14-16-22-40)71-61(82)86-65(11,12)13)52(73)36-44(33-41-26-30-45(31-27-41)84-63(5,6)7)54(74)68-49(35-43-29-28-42-23-17-18-24-46(42)43)57(77)67-47(55(75)72-53)25-19-20-32-66-60(81)85-64(8,9)10/h14-18,21-24,26-27,29-31,39,44,47-51,53H,19-20,25,28,32-38H2,1-13H3,(H,66,81)(H,67,77)(H,68,74)(H,69,76)(H,70,78)(H,71,82)(H,72,75)(H,79,80)/t39-,44-,47+,48-,49-,50+,51+,53+/m1/s1. The van der Waals surface area contributed by atoms with E-state index in [0.29, 0.717) is 29.7 Å². The van der Waals surface area contributed by atoms with E-state index in [1.807, 2.05) is 51.1 Å². The normalized spacial score (nSPS) is 21.1. The van der Waals surface area contributed by atoms with Gasteiger partial charge in [0.15, 0.2) is 5.78 Å². The largest absolute Gasteiger partial charge is 0.488 e. The first kappa shape index (κ1) is 71.6. The fraction of sp³-hybridized carbons (Fsp3) is 0.554. The molecule has 0 radical (unpaired) electrons. The lowest BCUT2D eigenvalue weighted by Gasteiger charge is -2.32. The number of rotatable bonds is 18. The van der Waals surface area contributed by atoms with Gasteiger partial charge in [0.25, 0.3) is 0 Å². The summed E-state index contributed by atoms with van der Waals surface area (Å²) in [5.74, 6) is -7.08. The molecule has 0 spiro atoms. The maximum Gasteiger partial charge on any atom is 0.408 e. The van der Waals surface area contributed by atoms with Gasteiger partial charge in [0.05, 0.1) is 17.7 Å². The smallest absolute Gasteiger partial charge is 0.408 e. The Morgan fingerprint density at radius 1 is 0.648 bits per heavy atom. The summed E-state index contributed by atoms with van der Waals surface area (Å²) < 4.78 is 23.2. The summed E-state index contributed by atoms with van der Waals surface area (Å²) in [5.41, 5.74) is 0.820. The Morgan fingerprint density at radius 3 is 1.90 bits per heavy atom. The van der Waals surface area contributed by atoms with Crippen molar-refractivity contribution in [3.8, 4) is 5.75 Å². The van der Waals surface area contributed by atoms with Crippen LogP contribution in [0.2, 0.25) is 0 Å². The molecular weight excluding hydrogens is 1170 g/mol. The number of amides is 7. The fourth-order valence-electron chi connectivity index (χ4n) is 9.70. The summed E-state index contributed by atoms with van der Waals surface area (Å²) in [5, 5.41) is 29.9. The zero-order valence-corrected chi connectivity index (χ0v) is 54.7. The minimum absolute atomic E-state index is 0.00789. The number of hydrogen-bond acceptors (Lipinski definition) is 15. The third kappa shape index (κ3) is 25.2. The second-order valence-electron chi connectivity index (χ2n) is 26.1. The molecular formula is C65H91N7O14S2. The van der Waals surface area contributed by atoms with Crippen LogP contribution in [0.15, 0.2) is 84.9 Å². The summed E-state index contributed by atoms with van der Waals surface area (Å²) in [6.07, 6.45) is -0.151. The third-order valence-corrected chi connectivity index (χ3v) is 16.0. The molecule has 2 aliphatic rings. The Balaban J connectivity index is 1.63. The number of aliphatic carboxylic acids is 1. The molecule has 1 saturated heterocycles. The van der Waals surface area contributed by atoms with Crippen molar-refractivity contribution in [2.24, 2.45) is 5.92 Å². The Labute approximate surface area is 525 Å². The molecule has 1 fully saturated rings. The lowest BCUT2D eigenvalue weighted by molar-refractivity contribution is -0.144. The molecule has 3 aromatic rings. The minimum atomic E-state index is -1.56. The van der Waals surface area contributed by atoms with Crippen LogP contribution < -0.4 is 42.0 Å². The number of carboxylic acids is 1. The van der Waals surface area contributed by atoms with Gasteiger partial charge in [0.1, 0.15) is 52.8 Å². The highest BCUT2D eigenvalue weighted by Crippen LogP contribution is 2.32. The second kappa shape index (κ2) is 32.4. The average molecular weight is 1260 g/mol. The van der Waals surface area contributed by atoms with Gasteiger partial charge in [-0.15, -0.1) is 0 Å². The monoisotopic (exact) mass is 1260 g/mol. The van der Waals surface area contributed by atoms with Gasteiger partial charge in [-0.2, -0.15) is 0 Å². The Hall–Kier alpha value is -7.11. The highest BCUT2D eigenvalue weighted by molar-refractivity contribution is 8.76. The van der Waals surface area contributed by atoms with Crippen molar-refractivity contribution >= 4 is 80.6 Å². The molecule has 1 aliphatic carbocycles.